The fourth-order valence-electron chi connectivity index (χ4n) is 2.17. The molecule has 3 aromatic rings. The minimum atomic E-state index is -4.46. The van der Waals surface area contributed by atoms with E-state index in [-0.39, 0.29) is 22.5 Å². The molecule has 3 rings (SSSR count). The van der Waals surface area contributed by atoms with Crippen LogP contribution < -0.4 is 5.32 Å². The first-order valence-corrected chi connectivity index (χ1v) is 8.23. The van der Waals surface area contributed by atoms with E-state index in [0.29, 0.717) is 5.69 Å². The molecule has 0 aliphatic carbocycles. The minimum absolute atomic E-state index is 0.00533. The lowest BCUT2D eigenvalue weighted by Crippen LogP contribution is -2.15. The molecule has 0 radical (unpaired) electrons. The number of carbonyl (C=O) groups is 1. The number of benzene rings is 1. The van der Waals surface area contributed by atoms with Crippen LogP contribution in [-0.2, 0) is 11.0 Å². The summed E-state index contributed by atoms with van der Waals surface area (Å²) in [6.07, 6.45) is -3.53. The molecule has 5 nitrogen and oxygen atoms in total. The summed E-state index contributed by atoms with van der Waals surface area (Å²) < 4.78 is 39.7. The molecule has 0 aliphatic heterocycles. The van der Waals surface area contributed by atoms with Crippen LogP contribution in [0.15, 0.2) is 47.8 Å². The lowest BCUT2D eigenvalue weighted by atomic mass is 10.2. The Labute approximate surface area is 145 Å². The normalized spacial score (nSPS) is 11.7. The van der Waals surface area contributed by atoms with Gasteiger partial charge in [-0.3, -0.25) is 9.20 Å². The van der Waals surface area contributed by atoms with Crippen molar-refractivity contribution in [3.63, 3.8) is 0 Å². The van der Waals surface area contributed by atoms with Crippen LogP contribution in [0.25, 0.3) is 5.65 Å². The number of carbonyl (C=O) groups excluding carboxylic acids is 1. The van der Waals surface area contributed by atoms with Gasteiger partial charge in [0, 0.05) is 11.9 Å². The van der Waals surface area contributed by atoms with Crippen molar-refractivity contribution in [2.24, 2.45) is 0 Å². The predicted molar refractivity (Wildman–Crippen MR) is 88.5 cm³/mol. The van der Waals surface area contributed by atoms with Crippen LogP contribution in [0.4, 0.5) is 18.9 Å². The number of aryl methyl sites for hydroxylation is 1. The highest BCUT2D eigenvalue weighted by molar-refractivity contribution is 7.99. The Morgan fingerprint density at radius 1 is 1.20 bits per heavy atom. The van der Waals surface area contributed by atoms with Crippen LogP contribution in [0.3, 0.4) is 0 Å². The molecule has 1 N–H and O–H groups in total. The van der Waals surface area contributed by atoms with Crippen molar-refractivity contribution < 1.29 is 18.0 Å². The molecular weight excluding hydrogens is 353 g/mol. The first kappa shape index (κ1) is 17.3. The molecule has 1 aromatic carbocycles. The third-order valence-corrected chi connectivity index (χ3v) is 4.39. The van der Waals surface area contributed by atoms with Gasteiger partial charge in [-0.1, -0.05) is 30.0 Å². The van der Waals surface area contributed by atoms with E-state index in [9.17, 15) is 18.0 Å². The van der Waals surface area contributed by atoms with E-state index in [1.165, 1.54) is 10.5 Å². The number of alkyl halides is 3. The number of aromatic nitrogens is 3. The maximum absolute atomic E-state index is 12.8. The molecule has 2 aromatic heterocycles. The summed E-state index contributed by atoms with van der Waals surface area (Å²) in [7, 11) is 0. The Balaban J connectivity index is 1.73. The highest BCUT2D eigenvalue weighted by Crippen LogP contribution is 2.30. The maximum atomic E-state index is 12.8. The van der Waals surface area contributed by atoms with Crippen LogP contribution >= 0.6 is 11.8 Å². The summed E-state index contributed by atoms with van der Waals surface area (Å²) in [5.41, 5.74) is 1.10. The van der Waals surface area contributed by atoms with E-state index in [4.69, 9.17) is 0 Å². The molecule has 2 heterocycles. The number of halogens is 3. The van der Waals surface area contributed by atoms with Gasteiger partial charge < -0.3 is 5.32 Å². The molecule has 0 fully saturated rings. The van der Waals surface area contributed by atoms with Gasteiger partial charge in [-0.25, -0.2) is 0 Å². The van der Waals surface area contributed by atoms with Crippen LogP contribution in [0.1, 0.15) is 11.1 Å². The number of para-hydroxylation sites is 1. The fraction of sp³-hybridized carbons (Fsp3) is 0.188. The molecule has 0 aliphatic rings. The number of anilines is 1. The topological polar surface area (TPSA) is 59.3 Å². The number of hydrogen-bond acceptors (Lipinski definition) is 4. The van der Waals surface area contributed by atoms with Crippen molar-refractivity contribution in [3.8, 4) is 0 Å². The molecule has 0 bridgehead atoms. The molecule has 25 heavy (non-hydrogen) atoms. The van der Waals surface area contributed by atoms with E-state index >= 15 is 0 Å². The maximum Gasteiger partial charge on any atom is 0.417 e. The average molecular weight is 366 g/mol. The van der Waals surface area contributed by atoms with Gasteiger partial charge in [0.05, 0.1) is 11.3 Å². The second-order valence-corrected chi connectivity index (χ2v) is 6.22. The fourth-order valence-corrected chi connectivity index (χ4v) is 2.88. The zero-order valence-corrected chi connectivity index (χ0v) is 13.9. The molecule has 0 unspecified atom stereocenters. The average Bonchev–Trinajstić information content (AvgIpc) is 2.96. The van der Waals surface area contributed by atoms with E-state index in [0.717, 1.165) is 29.6 Å². The van der Waals surface area contributed by atoms with Gasteiger partial charge in [-0.15, -0.1) is 10.2 Å². The van der Waals surface area contributed by atoms with Gasteiger partial charge in [0.2, 0.25) is 5.91 Å². The number of rotatable bonds is 4. The van der Waals surface area contributed by atoms with Crippen molar-refractivity contribution >= 4 is 29.0 Å². The molecule has 0 spiro atoms. The second-order valence-electron chi connectivity index (χ2n) is 5.28. The first-order valence-electron chi connectivity index (χ1n) is 7.25. The number of nitrogens with zero attached hydrogens (tertiary/aromatic N) is 3. The Kier molecular flexibility index (Phi) is 4.67. The summed E-state index contributed by atoms with van der Waals surface area (Å²) in [4.78, 5) is 12.1. The van der Waals surface area contributed by atoms with Crippen LogP contribution in [0.5, 0.6) is 0 Å². The Bertz CT molecular complexity index is 923. The smallest absolute Gasteiger partial charge is 0.325 e. The van der Waals surface area contributed by atoms with Gasteiger partial charge in [0.25, 0.3) is 0 Å². The van der Waals surface area contributed by atoms with Gasteiger partial charge in [-0.2, -0.15) is 13.2 Å². The van der Waals surface area contributed by atoms with Gasteiger partial charge in [-0.05, 0) is 30.7 Å². The molecule has 9 heteroatoms. The monoisotopic (exact) mass is 366 g/mol. The van der Waals surface area contributed by atoms with Gasteiger partial charge in [0.1, 0.15) is 0 Å². The summed E-state index contributed by atoms with van der Waals surface area (Å²) in [5.74, 6) is -0.270. The van der Waals surface area contributed by atoms with E-state index in [1.54, 1.807) is 12.1 Å². The molecule has 130 valence electrons. The van der Waals surface area contributed by atoms with E-state index < -0.39 is 11.7 Å². The third-order valence-electron chi connectivity index (χ3n) is 3.45. The van der Waals surface area contributed by atoms with Crippen molar-refractivity contribution in [2.75, 3.05) is 11.1 Å². The molecule has 1 amide bonds. The molecule has 0 saturated carbocycles. The SMILES string of the molecule is Cc1ccccc1NC(=O)CSc1nnc2ccc(C(F)(F)F)cn12. The molecule has 0 atom stereocenters. The van der Waals surface area contributed by atoms with Crippen molar-refractivity contribution in [1.29, 1.82) is 0 Å². The summed E-state index contributed by atoms with van der Waals surface area (Å²) in [6.45, 7) is 1.87. The van der Waals surface area contributed by atoms with Gasteiger partial charge in [0.15, 0.2) is 10.8 Å². The number of nitrogens with one attached hydrogen (secondary N) is 1. The minimum Gasteiger partial charge on any atom is -0.325 e. The number of thioether (sulfide) groups is 1. The second kappa shape index (κ2) is 6.75. The summed E-state index contributed by atoms with van der Waals surface area (Å²) in [5, 5.41) is 10.6. The first-order chi connectivity index (χ1) is 11.8. The summed E-state index contributed by atoms with van der Waals surface area (Å²) >= 11 is 1.02. The van der Waals surface area contributed by atoms with Crippen LogP contribution in [0, 0.1) is 6.92 Å². The zero-order valence-electron chi connectivity index (χ0n) is 13.0. The number of pyridine rings is 1. The lowest BCUT2D eigenvalue weighted by Gasteiger charge is -2.08. The van der Waals surface area contributed by atoms with Crippen molar-refractivity contribution in [2.45, 2.75) is 18.3 Å². The van der Waals surface area contributed by atoms with Gasteiger partial charge >= 0.3 is 6.18 Å². The summed E-state index contributed by atoms with van der Waals surface area (Å²) in [6, 6.07) is 9.50. The molecular formula is C16H13F3N4OS. The predicted octanol–water partition coefficient (Wildman–Crippen LogP) is 3.79. The van der Waals surface area contributed by atoms with Crippen molar-refractivity contribution in [1.82, 2.24) is 14.6 Å². The third kappa shape index (κ3) is 3.93. The van der Waals surface area contributed by atoms with E-state index in [1.807, 2.05) is 19.1 Å². The highest BCUT2D eigenvalue weighted by atomic mass is 32.2. The Morgan fingerprint density at radius 2 is 1.96 bits per heavy atom. The standard InChI is InChI=1S/C16H13F3N4OS/c1-10-4-2-3-5-12(10)20-14(24)9-25-15-22-21-13-7-6-11(8-23(13)15)16(17,18)19/h2-8H,9H2,1H3,(H,20,24). The van der Waals surface area contributed by atoms with E-state index in [2.05, 4.69) is 15.5 Å². The largest absolute Gasteiger partial charge is 0.417 e. The number of hydrogen-bond donors (Lipinski definition) is 1. The zero-order chi connectivity index (χ0) is 18.0. The quantitative estimate of drug-likeness (QED) is 0.714. The van der Waals surface area contributed by atoms with Crippen LogP contribution in [-0.4, -0.2) is 26.3 Å². The molecule has 0 saturated heterocycles. The lowest BCUT2D eigenvalue weighted by molar-refractivity contribution is -0.137. The Morgan fingerprint density at radius 3 is 2.68 bits per heavy atom. The van der Waals surface area contributed by atoms with Crippen molar-refractivity contribution in [3.05, 3.63) is 53.7 Å². The Hall–Kier alpha value is -2.55. The highest BCUT2D eigenvalue weighted by Gasteiger charge is 2.31. The number of amides is 1. The van der Waals surface area contributed by atoms with Crippen LogP contribution in [0.2, 0.25) is 0 Å². The number of fused-ring (bicyclic) bond motifs is 1.